The average molecular weight is 389 g/mol. The number of nitrogens with zero attached hydrogens (tertiary/aromatic N) is 1. The van der Waals surface area contributed by atoms with Gasteiger partial charge in [-0.25, -0.2) is 8.42 Å². The number of oxazole rings is 1. The monoisotopic (exact) mass is 388 g/mol. The number of rotatable bonds is 5. The average Bonchev–Trinajstić information content (AvgIpc) is 3.33. The van der Waals surface area contributed by atoms with Crippen molar-refractivity contribution in [2.75, 3.05) is 5.32 Å². The number of anilines is 1. The Morgan fingerprint density at radius 3 is 2.50 bits per heavy atom. The van der Waals surface area contributed by atoms with Crippen molar-refractivity contribution in [1.29, 1.82) is 0 Å². The standard InChI is InChI=1S/C19H20N2O3S2/c22-26(23,15-10-5-2-6-11-15)19-18(20-14-8-3-1-4-9-14)24-17(21-19)16-12-7-13-25-16/h2,5-7,10-14,20H,1,3-4,8-9H2. The van der Waals surface area contributed by atoms with Gasteiger partial charge >= 0.3 is 0 Å². The third kappa shape index (κ3) is 3.41. The predicted octanol–water partition coefficient (Wildman–Crippen LogP) is 4.98. The van der Waals surface area contributed by atoms with Crippen molar-refractivity contribution in [2.24, 2.45) is 0 Å². The summed E-state index contributed by atoms with van der Waals surface area (Å²) in [6.07, 6.45) is 5.54. The molecule has 1 aliphatic carbocycles. The van der Waals surface area contributed by atoms with Crippen molar-refractivity contribution in [3.05, 3.63) is 47.8 Å². The molecule has 0 unspecified atom stereocenters. The molecule has 2 heterocycles. The lowest BCUT2D eigenvalue weighted by Crippen LogP contribution is -2.23. The Kier molecular flexibility index (Phi) is 4.82. The Morgan fingerprint density at radius 2 is 1.81 bits per heavy atom. The van der Waals surface area contributed by atoms with Gasteiger partial charge in [0.1, 0.15) is 0 Å². The first-order valence-electron chi connectivity index (χ1n) is 8.76. The van der Waals surface area contributed by atoms with Crippen LogP contribution >= 0.6 is 11.3 Å². The van der Waals surface area contributed by atoms with E-state index in [0.29, 0.717) is 5.89 Å². The van der Waals surface area contributed by atoms with Crippen LogP contribution < -0.4 is 5.32 Å². The molecule has 1 fully saturated rings. The van der Waals surface area contributed by atoms with Crippen LogP contribution in [-0.2, 0) is 9.84 Å². The van der Waals surface area contributed by atoms with Crippen LogP contribution in [0.5, 0.6) is 0 Å². The normalized spacial score (nSPS) is 15.8. The second-order valence-electron chi connectivity index (χ2n) is 6.43. The van der Waals surface area contributed by atoms with Gasteiger partial charge in [-0.15, -0.1) is 11.3 Å². The third-order valence-electron chi connectivity index (χ3n) is 4.58. The van der Waals surface area contributed by atoms with Gasteiger partial charge in [-0.05, 0) is 36.4 Å². The lowest BCUT2D eigenvalue weighted by atomic mass is 9.96. The van der Waals surface area contributed by atoms with Gasteiger partial charge in [0.25, 0.3) is 0 Å². The number of sulfone groups is 1. The van der Waals surface area contributed by atoms with E-state index in [1.165, 1.54) is 17.8 Å². The molecule has 3 aromatic rings. The van der Waals surface area contributed by atoms with E-state index in [9.17, 15) is 8.42 Å². The van der Waals surface area contributed by atoms with E-state index in [2.05, 4.69) is 10.3 Å². The molecule has 136 valence electrons. The molecule has 1 aliphatic rings. The van der Waals surface area contributed by atoms with E-state index >= 15 is 0 Å². The second-order valence-corrected chi connectivity index (χ2v) is 9.24. The van der Waals surface area contributed by atoms with E-state index in [1.54, 1.807) is 30.3 Å². The first-order chi connectivity index (χ1) is 12.6. The molecule has 0 spiro atoms. The predicted molar refractivity (Wildman–Crippen MR) is 102 cm³/mol. The Balaban J connectivity index is 1.76. The summed E-state index contributed by atoms with van der Waals surface area (Å²) in [7, 11) is -3.75. The zero-order valence-electron chi connectivity index (χ0n) is 14.2. The van der Waals surface area contributed by atoms with Gasteiger partial charge in [0.15, 0.2) is 0 Å². The van der Waals surface area contributed by atoms with Crippen molar-refractivity contribution in [1.82, 2.24) is 4.98 Å². The number of benzene rings is 1. The van der Waals surface area contributed by atoms with Gasteiger partial charge in [-0.3, -0.25) is 0 Å². The van der Waals surface area contributed by atoms with Gasteiger partial charge < -0.3 is 9.73 Å². The largest absolute Gasteiger partial charge is 0.418 e. The molecule has 0 bridgehead atoms. The smallest absolute Gasteiger partial charge is 0.240 e. The van der Waals surface area contributed by atoms with E-state index in [-0.39, 0.29) is 21.8 Å². The van der Waals surface area contributed by atoms with Crippen LogP contribution in [0.1, 0.15) is 32.1 Å². The van der Waals surface area contributed by atoms with Crippen LogP contribution in [0.2, 0.25) is 0 Å². The highest BCUT2D eigenvalue weighted by Gasteiger charge is 2.30. The van der Waals surface area contributed by atoms with Crippen molar-refractivity contribution in [3.8, 4) is 10.8 Å². The van der Waals surface area contributed by atoms with Gasteiger partial charge in [-0.1, -0.05) is 43.5 Å². The van der Waals surface area contributed by atoms with Crippen LogP contribution in [0.3, 0.4) is 0 Å². The zero-order chi connectivity index (χ0) is 18.0. The molecule has 1 N–H and O–H groups in total. The molecule has 1 saturated carbocycles. The summed E-state index contributed by atoms with van der Waals surface area (Å²) >= 11 is 1.47. The topological polar surface area (TPSA) is 72.2 Å². The number of hydrogen-bond donors (Lipinski definition) is 1. The fourth-order valence-corrected chi connectivity index (χ4v) is 5.16. The summed E-state index contributed by atoms with van der Waals surface area (Å²) in [5.74, 6) is 0.594. The number of nitrogens with one attached hydrogen (secondary N) is 1. The third-order valence-corrected chi connectivity index (χ3v) is 7.11. The molecule has 1 aromatic carbocycles. The lowest BCUT2D eigenvalue weighted by Gasteiger charge is -2.22. The summed E-state index contributed by atoms with van der Waals surface area (Å²) in [6, 6.07) is 12.4. The number of aromatic nitrogens is 1. The van der Waals surface area contributed by atoms with Crippen molar-refractivity contribution < 1.29 is 12.8 Å². The summed E-state index contributed by atoms with van der Waals surface area (Å²) in [5.41, 5.74) is 0. The Labute approximate surface area is 157 Å². The fraction of sp³-hybridized carbons (Fsp3) is 0.316. The lowest BCUT2D eigenvalue weighted by molar-refractivity contribution is 0.450. The van der Waals surface area contributed by atoms with Gasteiger partial charge in [0.2, 0.25) is 26.6 Å². The van der Waals surface area contributed by atoms with Crippen LogP contribution in [-0.4, -0.2) is 19.4 Å². The maximum Gasteiger partial charge on any atom is 0.240 e. The van der Waals surface area contributed by atoms with Crippen LogP contribution in [0.4, 0.5) is 5.88 Å². The van der Waals surface area contributed by atoms with Gasteiger partial charge in [0, 0.05) is 6.04 Å². The Hall–Kier alpha value is -2.12. The molecule has 0 radical (unpaired) electrons. The minimum Gasteiger partial charge on any atom is -0.418 e. The molecular weight excluding hydrogens is 368 g/mol. The van der Waals surface area contributed by atoms with E-state index < -0.39 is 9.84 Å². The minimum absolute atomic E-state index is 0.0299. The molecule has 7 heteroatoms. The molecule has 2 aromatic heterocycles. The summed E-state index contributed by atoms with van der Waals surface area (Å²) in [4.78, 5) is 5.39. The van der Waals surface area contributed by atoms with Crippen LogP contribution in [0, 0.1) is 0 Å². The SMILES string of the molecule is O=S(=O)(c1ccccc1)c1nc(-c2cccs2)oc1NC1CCCCC1. The van der Waals surface area contributed by atoms with Crippen LogP contribution in [0.15, 0.2) is 62.2 Å². The summed E-state index contributed by atoms with van der Waals surface area (Å²) in [6.45, 7) is 0. The van der Waals surface area contributed by atoms with E-state index in [0.717, 1.165) is 30.6 Å². The number of thiophene rings is 1. The Bertz CT molecular complexity index is 958. The first-order valence-corrected chi connectivity index (χ1v) is 11.1. The van der Waals surface area contributed by atoms with E-state index in [4.69, 9.17) is 4.42 Å². The summed E-state index contributed by atoms with van der Waals surface area (Å²) < 4.78 is 32.1. The van der Waals surface area contributed by atoms with Crippen molar-refractivity contribution >= 4 is 27.1 Å². The highest BCUT2D eigenvalue weighted by Crippen LogP contribution is 2.35. The molecule has 0 atom stereocenters. The zero-order valence-corrected chi connectivity index (χ0v) is 15.9. The minimum atomic E-state index is -3.75. The molecule has 5 nitrogen and oxygen atoms in total. The molecule has 0 amide bonds. The quantitative estimate of drug-likeness (QED) is 0.667. The fourth-order valence-electron chi connectivity index (χ4n) is 3.23. The number of hydrogen-bond acceptors (Lipinski definition) is 6. The van der Waals surface area contributed by atoms with Crippen LogP contribution in [0.25, 0.3) is 10.8 Å². The first kappa shape index (κ1) is 17.3. The highest BCUT2D eigenvalue weighted by molar-refractivity contribution is 7.91. The van der Waals surface area contributed by atoms with E-state index in [1.807, 2.05) is 17.5 Å². The second kappa shape index (κ2) is 7.25. The highest BCUT2D eigenvalue weighted by atomic mass is 32.2. The molecular formula is C19H20N2O3S2. The van der Waals surface area contributed by atoms with Gasteiger partial charge in [0.05, 0.1) is 9.77 Å². The maximum atomic E-state index is 13.1. The van der Waals surface area contributed by atoms with Crippen molar-refractivity contribution in [3.63, 3.8) is 0 Å². The van der Waals surface area contributed by atoms with Crippen molar-refractivity contribution in [2.45, 2.75) is 48.1 Å². The van der Waals surface area contributed by atoms with Gasteiger partial charge in [-0.2, -0.15) is 4.98 Å². The molecule has 0 aliphatic heterocycles. The molecule has 26 heavy (non-hydrogen) atoms. The Morgan fingerprint density at radius 1 is 1.04 bits per heavy atom. The molecule has 0 saturated heterocycles. The molecule has 4 rings (SSSR count). The maximum absolute atomic E-state index is 13.1. The summed E-state index contributed by atoms with van der Waals surface area (Å²) in [5, 5.41) is 5.19.